The van der Waals surface area contributed by atoms with Crippen LogP contribution in [-0.2, 0) is 38.8 Å². The molecule has 2 unspecified atom stereocenters. The maximum absolute atomic E-state index is 13.1. The zero-order valence-corrected chi connectivity index (χ0v) is 28.9. The predicted molar refractivity (Wildman–Crippen MR) is 189 cm³/mol. The number of aliphatic hydroxyl groups is 3. The van der Waals surface area contributed by atoms with Crippen LogP contribution in [0.2, 0.25) is 0 Å². The van der Waals surface area contributed by atoms with Crippen LogP contribution in [0.25, 0.3) is 21.9 Å². The maximum Gasteiger partial charge on any atom is 0.410 e. The molecule has 278 valence electrons. The van der Waals surface area contributed by atoms with Gasteiger partial charge in [-0.25, -0.2) is 14.8 Å². The van der Waals surface area contributed by atoms with E-state index in [9.17, 15) is 19.8 Å². The normalized spacial score (nSPS) is 15.6. The Balaban J connectivity index is 0.000000548. The molecular weight excluding hydrogens is 666 g/mol. The number of nitrogens with two attached hydrogens (primary N) is 2. The van der Waals surface area contributed by atoms with Crippen molar-refractivity contribution in [3.05, 3.63) is 53.9 Å². The summed E-state index contributed by atoms with van der Waals surface area (Å²) in [5.74, 6) is 0.344. The van der Waals surface area contributed by atoms with Gasteiger partial charge in [0.05, 0.1) is 60.8 Å². The standard InChI is InChI=1S/C28H35N7O5.C5H10O3.CH2O2/c1-4-34(27(38)40-15-17-9-10-21(36)20(13-17)31-23(37)11-12-29)14-22-33-24-25(35(22)16-28(2,3)39)18-7-5-6-8-19(18)32-26(24)30;6-4-1-5(7)3-8-2-4;2-1-3/h5-10,13,36,39H,4,11-12,14-16,29H2,1-3H3,(H2,30,32)(H,31,37);4-7H,1-3H2;1H,(H,2,3). The van der Waals surface area contributed by atoms with Crippen molar-refractivity contribution in [1.82, 2.24) is 19.4 Å². The molecule has 3 heterocycles. The summed E-state index contributed by atoms with van der Waals surface area (Å²) in [5, 5.41) is 48.7. The van der Waals surface area contributed by atoms with Crippen molar-refractivity contribution in [2.45, 2.75) is 71.1 Å². The highest BCUT2D eigenvalue weighted by molar-refractivity contribution is 6.06. The molecule has 1 aliphatic heterocycles. The molecule has 10 N–H and O–H groups in total. The van der Waals surface area contributed by atoms with Gasteiger partial charge in [0.1, 0.15) is 23.7 Å². The second-order valence-corrected chi connectivity index (χ2v) is 12.3. The third-order valence-electron chi connectivity index (χ3n) is 7.44. The van der Waals surface area contributed by atoms with Crippen LogP contribution in [0.15, 0.2) is 42.5 Å². The first-order valence-corrected chi connectivity index (χ1v) is 16.2. The molecule has 5 rings (SSSR count). The average molecular weight is 714 g/mol. The number of carboxylic acid groups (broad SMARTS) is 1. The lowest BCUT2D eigenvalue weighted by molar-refractivity contribution is -0.123. The summed E-state index contributed by atoms with van der Waals surface area (Å²) >= 11 is 0. The van der Waals surface area contributed by atoms with E-state index in [1.807, 2.05) is 35.8 Å². The minimum atomic E-state index is -1.07. The van der Waals surface area contributed by atoms with Crippen molar-refractivity contribution >= 4 is 51.9 Å². The number of nitrogens with zero attached hydrogens (tertiary/aromatic N) is 4. The quantitative estimate of drug-likeness (QED) is 0.0862. The van der Waals surface area contributed by atoms with E-state index in [1.165, 1.54) is 17.0 Å². The fourth-order valence-corrected chi connectivity index (χ4v) is 5.20. The molecule has 17 nitrogen and oxygen atoms in total. The number of hydrogen-bond donors (Lipinski definition) is 8. The largest absolute Gasteiger partial charge is 0.506 e. The molecule has 0 spiro atoms. The maximum atomic E-state index is 13.1. The number of rotatable bonds is 10. The number of aromatic nitrogens is 3. The summed E-state index contributed by atoms with van der Waals surface area (Å²) in [6, 6.07) is 12.1. The zero-order chi connectivity index (χ0) is 37.7. The highest BCUT2D eigenvalue weighted by Crippen LogP contribution is 2.31. The van der Waals surface area contributed by atoms with Crippen LogP contribution < -0.4 is 16.8 Å². The summed E-state index contributed by atoms with van der Waals surface area (Å²) < 4.78 is 12.2. The van der Waals surface area contributed by atoms with Gasteiger partial charge in [0.2, 0.25) is 5.91 Å². The fourth-order valence-electron chi connectivity index (χ4n) is 5.20. The summed E-state index contributed by atoms with van der Waals surface area (Å²) in [7, 11) is 0. The van der Waals surface area contributed by atoms with Crippen LogP contribution in [-0.4, -0.2) is 108 Å². The number of nitrogen functional groups attached to an aromatic ring is 1. The number of aromatic hydroxyl groups is 1. The summed E-state index contributed by atoms with van der Waals surface area (Å²) in [6.45, 7) is 6.45. The Morgan fingerprint density at radius 2 is 1.82 bits per heavy atom. The van der Waals surface area contributed by atoms with Gasteiger partial charge in [-0.2, -0.15) is 0 Å². The number of aliphatic hydroxyl groups excluding tert-OH is 2. The van der Waals surface area contributed by atoms with Gasteiger partial charge < -0.3 is 61.3 Å². The zero-order valence-electron chi connectivity index (χ0n) is 28.9. The number of fused-ring (bicyclic) bond motifs is 3. The van der Waals surface area contributed by atoms with E-state index in [4.69, 9.17) is 46.0 Å². The minimum Gasteiger partial charge on any atom is -0.506 e. The molecule has 51 heavy (non-hydrogen) atoms. The van der Waals surface area contributed by atoms with Crippen LogP contribution in [0.1, 0.15) is 45.0 Å². The molecule has 1 aliphatic rings. The van der Waals surface area contributed by atoms with Crippen molar-refractivity contribution in [3.8, 4) is 5.75 Å². The van der Waals surface area contributed by atoms with Crippen molar-refractivity contribution in [2.75, 3.05) is 37.4 Å². The van der Waals surface area contributed by atoms with Gasteiger partial charge in [0.25, 0.3) is 6.47 Å². The molecule has 4 aromatic rings. The van der Waals surface area contributed by atoms with E-state index in [-0.39, 0.29) is 62.3 Å². The number of benzene rings is 2. The van der Waals surface area contributed by atoms with Crippen molar-refractivity contribution in [1.29, 1.82) is 0 Å². The van der Waals surface area contributed by atoms with Crippen LogP contribution in [0.4, 0.5) is 16.3 Å². The monoisotopic (exact) mass is 713 g/mol. The van der Waals surface area contributed by atoms with E-state index < -0.39 is 23.9 Å². The average Bonchev–Trinajstić information content (AvgIpc) is 3.41. The first kappa shape index (κ1) is 40.4. The van der Waals surface area contributed by atoms with Gasteiger partial charge in [0.15, 0.2) is 5.82 Å². The Kier molecular flexibility index (Phi) is 14.9. The SMILES string of the molecule is CCN(Cc1nc2c(N)nc3ccccc3c2n1CC(C)(C)O)C(=O)OCc1ccc(O)c(NC(=O)CCN)c1.O=CO.OC1COCC(O)C1. The Morgan fingerprint density at radius 3 is 2.41 bits per heavy atom. The number of nitrogens with one attached hydrogen (secondary N) is 1. The number of carbonyl (C=O) groups excluding carboxylic acids is 2. The Morgan fingerprint density at radius 1 is 1.16 bits per heavy atom. The number of pyridine rings is 1. The number of amides is 2. The Bertz CT molecular complexity index is 1770. The minimum absolute atomic E-state index is 0.0863. The Labute approximate surface area is 294 Å². The number of ether oxygens (including phenoxy) is 2. The molecule has 2 aromatic heterocycles. The van der Waals surface area contributed by atoms with E-state index >= 15 is 0 Å². The molecule has 0 aliphatic carbocycles. The first-order chi connectivity index (χ1) is 24.2. The fraction of sp³-hybridized carbons (Fsp3) is 0.441. The lowest BCUT2D eigenvalue weighted by Gasteiger charge is -2.24. The van der Waals surface area contributed by atoms with Gasteiger partial charge >= 0.3 is 6.09 Å². The summed E-state index contributed by atoms with van der Waals surface area (Å²) in [4.78, 5) is 44.1. The number of anilines is 2. The van der Waals surface area contributed by atoms with E-state index in [2.05, 4.69) is 10.3 Å². The molecule has 1 fully saturated rings. The van der Waals surface area contributed by atoms with E-state index in [1.54, 1.807) is 19.9 Å². The van der Waals surface area contributed by atoms with Gasteiger partial charge in [0, 0.05) is 31.3 Å². The highest BCUT2D eigenvalue weighted by Gasteiger charge is 2.25. The van der Waals surface area contributed by atoms with Gasteiger partial charge in [-0.15, -0.1) is 0 Å². The van der Waals surface area contributed by atoms with Crippen molar-refractivity contribution in [3.63, 3.8) is 0 Å². The number of hydrogen-bond acceptors (Lipinski definition) is 13. The van der Waals surface area contributed by atoms with Gasteiger partial charge in [-0.3, -0.25) is 9.59 Å². The lowest BCUT2D eigenvalue weighted by Crippen LogP contribution is -2.33. The highest BCUT2D eigenvalue weighted by atomic mass is 16.6. The molecule has 2 aromatic carbocycles. The Hall–Kier alpha value is -5.07. The third-order valence-corrected chi connectivity index (χ3v) is 7.44. The summed E-state index contributed by atoms with van der Waals surface area (Å²) in [5.41, 5.74) is 13.3. The number of phenolic OH excluding ortho intramolecular Hbond substituents is 1. The first-order valence-electron chi connectivity index (χ1n) is 16.2. The van der Waals surface area contributed by atoms with Crippen molar-refractivity contribution < 1.29 is 49.4 Å². The summed E-state index contributed by atoms with van der Waals surface area (Å²) in [6.07, 6.45) is -0.931. The number of carbonyl (C=O) groups is 3. The van der Waals surface area contributed by atoms with Crippen molar-refractivity contribution in [2.24, 2.45) is 5.73 Å². The molecule has 0 saturated carbocycles. The number of phenols is 1. The van der Waals surface area contributed by atoms with Gasteiger partial charge in [-0.1, -0.05) is 24.3 Å². The molecule has 0 bridgehead atoms. The van der Waals surface area contributed by atoms with E-state index in [0.717, 1.165) is 10.9 Å². The molecule has 2 atom stereocenters. The molecule has 17 heteroatoms. The van der Waals surface area contributed by atoms with Crippen LogP contribution in [0, 0.1) is 0 Å². The van der Waals surface area contributed by atoms with Crippen LogP contribution in [0.5, 0.6) is 5.75 Å². The topological polar surface area (TPSA) is 269 Å². The smallest absolute Gasteiger partial charge is 0.410 e. The number of para-hydroxylation sites is 1. The van der Waals surface area contributed by atoms with E-state index in [0.29, 0.717) is 48.6 Å². The lowest BCUT2D eigenvalue weighted by atomic mass is 10.1. The second kappa shape index (κ2) is 18.8. The second-order valence-electron chi connectivity index (χ2n) is 12.3. The number of imidazole rings is 1. The van der Waals surface area contributed by atoms with Gasteiger partial charge in [-0.05, 0) is 44.5 Å². The third kappa shape index (κ3) is 11.8. The molecule has 1 saturated heterocycles. The van der Waals surface area contributed by atoms with Crippen LogP contribution in [0.3, 0.4) is 0 Å². The molecule has 0 radical (unpaired) electrons. The molecule has 2 amide bonds. The predicted octanol–water partition coefficient (Wildman–Crippen LogP) is 1.92. The van der Waals surface area contributed by atoms with Crippen LogP contribution >= 0.6 is 0 Å². The molecular formula is C34H47N7O10.